The fourth-order valence-electron chi connectivity index (χ4n) is 1.95. The van der Waals surface area contributed by atoms with Crippen LogP contribution in [0.5, 0.6) is 0 Å². The molecule has 8 heteroatoms. The molecule has 1 amide bonds. The van der Waals surface area contributed by atoms with Gasteiger partial charge in [0.25, 0.3) is 0 Å². The van der Waals surface area contributed by atoms with E-state index in [0.717, 1.165) is 23.9 Å². The average molecular weight is 369 g/mol. The van der Waals surface area contributed by atoms with Crippen molar-refractivity contribution in [3.05, 3.63) is 59.7 Å². The van der Waals surface area contributed by atoms with Crippen LogP contribution >= 0.6 is 11.8 Å². The summed E-state index contributed by atoms with van der Waals surface area (Å²) in [6.07, 6.45) is -4.42. The highest BCUT2D eigenvalue weighted by molar-refractivity contribution is 8.00. The first-order valence-corrected chi connectivity index (χ1v) is 8.06. The number of ether oxygens (including phenoxy) is 1. The van der Waals surface area contributed by atoms with Crippen LogP contribution in [0.15, 0.2) is 53.4 Å². The van der Waals surface area contributed by atoms with E-state index in [9.17, 15) is 22.8 Å². The van der Waals surface area contributed by atoms with Crippen molar-refractivity contribution in [2.24, 2.45) is 0 Å². The molecule has 0 unspecified atom stereocenters. The van der Waals surface area contributed by atoms with Gasteiger partial charge in [0, 0.05) is 10.6 Å². The molecule has 0 saturated carbocycles. The van der Waals surface area contributed by atoms with Crippen LogP contribution in [0.3, 0.4) is 0 Å². The number of alkyl halides is 3. The predicted molar refractivity (Wildman–Crippen MR) is 88.6 cm³/mol. The Morgan fingerprint density at radius 2 is 1.84 bits per heavy atom. The molecule has 0 atom stereocenters. The van der Waals surface area contributed by atoms with Gasteiger partial charge in [-0.3, -0.25) is 4.79 Å². The van der Waals surface area contributed by atoms with Crippen LogP contribution in [0.1, 0.15) is 15.9 Å². The van der Waals surface area contributed by atoms with Gasteiger partial charge in [0.15, 0.2) is 0 Å². The summed E-state index contributed by atoms with van der Waals surface area (Å²) in [5.74, 6) is -0.997. The Balaban J connectivity index is 1.96. The topological polar surface area (TPSA) is 55.4 Å². The molecule has 1 N–H and O–H groups in total. The highest BCUT2D eigenvalue weighted by atomic mass is 32.2. The van der Waals surface area contributed by atoms with Crippen molar-refractivity contribution < 1.29 is 27.5 Å². The number of anilines is 1. The first-order chi connectivity index (χ1) is 11.8. The molecule has 0 spiro atoms. The fourth-order valence-corrected chi connectivity index (χ4v) is 2.70. The summed E-state index contributed by atoms with van der Waals surface area (Å²) in [5.41, 5.74) is -0.0768. The molecular formula is C17H14F3NO3S. The third-order valence-corrected chi connectivity index (χ3v) is 4.09. The molecule has 0 heterocycles. The molecule has 0 aliphatic carbocycles. The summed E-state index contributed by atoms with van der Waals surface area (Å²) in [6, 6.07) is 10.9. The number of esters is 1. The second-order valence-corrected chi connectivity index (χ2v) is 5.98. The summed E-state index contributed by atoms with van der Waals surface area (Å²) in [5, 5.41) is 2.59. The van der Waals surface area contributed by atoms with Crippen molar-refractivity contribution in [2.75, 3.05) is 18.2 Å². The molecule has 0 aromatic heterocycles. The average Bonchev–Trinajstić information content (AvgIpc) is 2.59. The number of halogens is 3. The SMILES string of the molecule is COC(=O)c1cccc(NC(=O)CSc2cccc(C(F)(F)F)c2)c1. The van der Waals surface area contributed by atoms with Crippen LogP contribution in [0.25, 0.3) is 0 Å². The number of carbonyl (C=O) groups excluding carboxylic acids is 2. The summed E-state index contributed by atoms with van der Waals surface area (Å²) in [4.78, 5) is 23.7. The van der Waals surface area contributed by atoms with Crippen LogP contribution in [0.2, 0.25) is 0 Å². The number of methoxy groups -OCH3 is 1. The van der Waals surface area contributed by atoms with Crippen molar-refractivity contribution in [3.63, 3.8) is 0 Å². The number of nitrogens with one attached hydrogen (secondary N) is 1. The van der Waals surface area contributed by atoms with Crippen molar-refractivity contribution in [1.29, 1.82) is 0 Å². The lowest BCUT2D eigenvalue weighted by molar-refractivity contribution is -0.137. The molecule has 2 rings (SSSR count). The van der Waals surface area contributed by atoms with Gasteiger partial charge in [0.05, 0.1) is 24.0 Å². The zero-order chi connectivity index (χ0) is 18.4. The maximum Gasteiger partial charge on any atom is 0.416 e. The molecule has 0 aliphatic rings. The Kier molecular flexibility index (Phi) is 6.08. The van der Waals surface area contributed by atoms with Gasteiger partial charge in [-0.05, 0) is 36.4 Å². The van der Waals surface area contributed by atoms with E-state index in [2.05, 4.69) is 10.1 Å². The van der Waals surface area contributed by atoms with E-state index in [1.165, 1.54) is 25.3 Å². The minimum absolute atomic E-state index is 0.0657. The molecule has 4 nitrogen and oxygen atoms in total. The third kappa shape index (κ3) is 5.53. The molecular weight excluding hydrogens is 355 g/mol. The summed E-state index contributed by atoms with van der Waals surface area (Å²) in [7, 11) is 1.25. The van der Waals surface area contributed by atoms with Crippen LogP contribution in [-0.2, 0) is 15.7 Å². The van der Waals surface area contributed by atoms with Crippen LogP contribution in [0.4, 0.5) is 18.9 Å². The summed E-state index contributed by atoms with van der Waals surface area (Å²) in [6.45, 7) is 0. The normalized spacial score (nSPS) is 11.0. The van der Waals surface area contributed by atoms with Gasteiger partial charge in [0.2, 0.25) is 5.91 Å². The lowest BCUT2D eigenvalue weighted by atomic mass is 10.2. The van der Waals surface area contributed by atoms with E-state index < -0.39 is 23.6 Å². The lowest BCUT2D eigenvalue weighted by Crippen LogP contribution is -2.14. The van der Waals surface area contributed by atoms with E-state index in [4.69, 9.17) is 0 Å². The monoisotopic (exact) mass is 369 g/mol. The maximum absolute atomic E-state index is 12.7. The third-order valence-electron chi connectivity index (χ3n) is 3.10. The zero-order valence-corrected chi connectivity index (χ0v) is 13.9. The first kappa shape index (κ1) is 18.9. The predicted octanol–water partition coefficient (Wildman–Crippen LogP) is 4.22. The van der Waals surface area contributed by atoms with Gasteiger partial charge < -0.3 is 10.1 Å². The van der Waals surface area contributed by atoms with Crippen molar-refractivity contribution >= 4 is 29.3 Å². The molecule has 2 aromatic carbocycles. The number of carbonyl (C=O) groups is 2. The van der Waals surface area contributed by atoms with E-state index >= 15 is 0 Å². The molecule has 25 heavy (non-hydrogen) atoms. The molecule has 0 saturated heterocycles. The quantitative estimate of drug-likeness (QED) is 0.633. The smallest absolute Gasteiger partial charge is 0.416 e. The Morgan fingerprint density at radius 1 is 1.12 bits per heavy atom. The molecule has 0 fully saturated rings. The van der Waals surface area contributed by atoms with Crippen molar-refractivity contribution in [3.8, 4) is 0 Å². The van der Waals surface area contributed by atoms with E-state index in [-0.39, 0.29) is 11.3 Å². The largest absolute Gasteiger partial charge is 0.465 e. The van der Waals surface area contributed by atoms with Crippen LogP contribution < -0.4 is 5.32 Å². The number of hydrogen-bond donors (Lipinski definition) is 1. The molecule has 132 valence electrons. The summed E-state index contributed by atoms with van der Waals surface area (Å²) >= 11 is 0.989. The van der Waals surface area contributed by atoms with E-state index in [1.807, 2.05) is 0 Å². The van der Waals surface area contributed by atoms with Crippen LogP contribution in [0, 0.1) is 0 Å². The van der Waals surface area contributed by atoms with E-state index in [0.29, 0.717) is 10.6 Å². The van der Waals surface area contributed by atoms with Gasteiger partial charge in [-0.25, -0.2) is 4.79 Å². The van der Waals surface area contributed by atoms with Gasteiger partial charge >= 0.3 is 12.1 Å². The van der Waals surface area contributed by atoms with Gasteiger partial charge in [0.1, 0.15) is 0 Å². The number of hydrogen-bond acceptors (Lipinski definition) is 4. The molecule has 2 aromatic rings. The van der Waals surface area contributed by atoms with Crippen LogP contribution in [-0.4, -0.2) is 24.7 Å². The van der Waals surface area contributed by atoms with Crippen molar-refractivity contribution in [1.82, 2.24) is 0 Å². The zero-order valence-electron chi connectivity index (χ0n) is 13.1. The van der Waals surface area contributed by atoms with Gasteiger partial charge in [-0.15, -0.1) is 11.8 Å². The minimum atomic E-state index is -4.42. The Hall–Kier alpha value is -2.48. The highest BCUT2D eigenvalue weighted by Gasteiger charge is 2.30. The number of amides is 1. The summed E-state index contributed by atoms with van der Waals surface area (Å²) < 4.78 is 42.6. The lowest BCUT2D eigenvalue weighted by Gasteiger charge is -2.09. The number of rotatable bonds is 5. The second kappa shape index (κ2) is 8.06. The number of benzene rings is 2. The first-order valence-electron chi connectivity index (χ1n) is 7.08. The maximum atomic E-state index is 12.7. The van der Waals surface area contributed by atoms with Gasteiger partial charge in [-0.1, -0.05) is 12.1 Å². The number of thioether (sulfide) groups is 1. The highest BCUT2D eigenvalue weighted by Crippen LogP contribution is 2.31. The molecule has 0 aliphatic heterocycles. The Labute approximate surface area is 146 Å². The fraction of sp³-hybridized carbons (Fsp3) is 0.176. The van der Waals surface area contributed by atoms with E-state index in [1.54, 1.807) is 18.2 Å². The van der Waals surface area contributed by atoms with Crippen molar-refractivity contribution in [2.45, 2.75) is 11.1 Å². The second-order valence-electron chi connectivity index (χ2n) is 4.93. The molecule has 0 bridgehead atoms. The standard InChI is InChI=1S/C17H14F3NO3S/c1-24-16(23)11-4-2-6-13(8-11)21-15(22)10-25-14-7-3-5-12(9-14)17(18,19)20/h2-9H,10H2,1H3,(H,21,22). The Morgan fingerprint density at radius 3 is 2.52 bits per heavy atom. The minimum Gasteiger partial charge on any atom is -0.465 e. The van der Waals surface area contributed by atoms with Gasteiger partial charge in [-0.2, -0.15) is 13.2 Å². The Bertz CT molecular complexity index is 778. The molecule has 0 radical (unpaired) electrons.